The van der Waals surface area contributed by atoms with Gasteiger partial charge in [0.25, 0.3) is 0 Å². The number of hydrogen-bond acceptors (Lipinski definition) is 5. The number of thioether (sulfide) groups is 1. The zero-order chi connectivity index (χ0) is 24.0. The van der Waals surface area contributed by atoms with E-state index in [1.54, 1.807) is 4.90 Å². The highest BCUT2D eigenvalue weighted by Gasteiger charge is 2.34. The third kappa shape index (κ3) is 5.27. The second-order valence-corrected chi connectivity index (χ2v) is 9.65. The van der Waals surface area contributed by atoms with Gasteiger partial charge in [-0.3, -0.25) is 14.6 Å². The number of para-hydroxylation sites is 2. The Kier molecular flexibility index (Phi) is 7.18. The zero-order valence-electron chi connectivity index (χ0n) is 19.5. The number of nitrogens with one attached hydrogen (secondary N) is 2. The van der Waals surface area contributed by atoms with E-state index in [1.807, 2.05) is 77.6 Å². The van der Waals surface area contributed by atoms with Crippen LogP contribution in [0, 0.1) is 0 Å². The molecule has 1 atom stereocenters. The van der Waals surface area contributed by atoms with E-state index >= 15 is 0 Å². The summed E-state index contributed by atoms with van der Waals surface area (Å²) >= 11 is 1.51. The van der Waals surface area contributed by atoms with Crippen LogP contribution in [0.25, 0.3) is 5.69 Å². The largest absolute Gasteiger partial charge is 0.370 e. The van der Waals surface area contributed by atoms with Crippen molar-refractivity contribution in [3.05, 3.63) is 78.6 Å². The topological polar surface area (TPSA) is 78.7 Å². The van der Waals surface area contributed by atoms with Gasteiger partial charge in [0, 0.05) is 42.5 Å². The molecule has 35 heavy (non-hydrogen) atoms. The first-order chi connectivity index (χ1) is 17.2. The summed E-state index contributed by atoms with van der Waals surface area (Å²) in [6, 6.07) is 19.2. The predicted octanol–water partition coefficient (Wildman–Crippen LogP) is 3.94. The first-order valence-corrected chi connectivity index (χ1v) is 13.0. The third-order valence-corrected chi connectivity index (χ3v) is 7.37. The molecule has 1 saturated heterocycles. The van der Waals surface area contributed by atoms with Crippen LogP contribution >= 0.6 is 11.8 Å². The Labute approximate surface area is 209 Å². The van der Waals surface area contributed by atoms with E-state index < -0.39 is 6.04 Å². The molecule has 8 heteroatoms. The Balaban J connectivity index is 1.25. The summed E-state index contributed by atoms with van der Waals surface area (Å²) in [5, 5.41) is 6.43. The summed E-state index contributed by atoms with van der Waals surface area (Å²) in [5.41, 5.74) is 2.66. The van der Waals surface area contributed by atoms with Crippen molar-refractivity contribution in [1.82, 2.24) is 14.8 Å². The number of anilines is 1. The number of carbonyl (C=O) groups excluding carboxylic acids is 2. The minimum atomic E-state index is -0.458. The van der Waals surface area contributed by atoms with Gasteiger partial charge in [-0.05, 0) is 49.6 Å². The van der Waals surface area contributed by atoms with E-state index in [2.05, 4.69) is 15.6 Å². The second-order valence-electron chi connectivity index (χ2n) is 8.64. The molecule has 7 nitrogen and oxygen atoms in total. The lowest BCUT2D eigenvalue weighted by atomic mass is 10.2. The van der Waals surface area contributed by atoms with Gasteiger partial charge in [0.1, 0.15) is 11.9 Å². The quantitative estimate of drug-likeness (QED) is 0.495. The Morgan fingerprint density at radius 2 is 1.83 bits per heavy atom. The standard InChI is InChI=1S/C27H29N5O2S/c33-25(19-35-24-13-4-1-9-20(24)26-28-14-8-15-29-26)32-18-7-12-23(32)27(34)30-21-10-2-3-11-22(21)31-16-5-6-17-31/h1-6,9-11,13,16-17,23H,7-8,12,14-15,18-19H2,(H,28,29)(H,30,34)/t23-/m0/s1. The van der Waals surface area contributed by atoms with Crippen molar-refractivity contribution in [2.45, 2.75) is 30.2 Å². The van der Waals surface area contributed by atoms with Crippen LogP contribution in [0.5, 0.6) is 0 Å². The number of carbonyl (C=O) groups is 2. The smallest absolute Gasteiger partial charge is 0.247 e. The van der Waals surface area contributed by atoms with Gasteiger partial charge in [-0.15, -0.1) is 11.8 Å². The molecule has 2 aromatic carbocycles. The van der Waals surface area contributed by atoms with Gasteiger partial charge in [0.15, 0.2) is 0 Å². The fourth-order valence-corrected chi connectivity index (χ4v) is 5.52. The van der Waals surface area contributed by atoms with E-state index in [9.17, 15) is 9.59 Å². The molecule has 2 amide bonds. The van der Waals surface area contributed by atoms with Gasteiger partial charge in [0.05, 0.1) is 17.1 Å². The Morgan fingerprint density at radius 3 is 2.66 bits per heavy atom. The van der Waals surface area contributed by atoms with Gasteiger partial charge in [-0.2, -0.15) is 0 Å². The fraction of sp³-hybridized carbons (Fsp3) is 0.296. The summed E-state index contributed by atoms with van der Waals surface area (Å²) < 4.78 is 1.97. The average Bonchev–Trinajstić information content (AvgIpc) is 3.61. The second kappa shape index (κ2) is 10.8. The van der Waals surface area contributed by atoms with Crippen LogP contribution in [0.4, 0.5) is 5.69 Å². The molecule has 2 aliphatic rings. The Morgan fingerprint density at radius 1 is 1.03 bits per heavy atom. The SMILES string of the molecule is O=C(Nc1ccccc1-n1cccc1)[C@@H]1CCCN1C(=O)CSc1ccccc1C1=NCCCN1. The third-order valence-electron chi connectivity index (χ3n) is 6.31. The van der Waals surface area contributed by atoms with Crippen LogP contribution in [0.3, 0.4) is 0 Å². The lowest BCUT2D eigenvalue weighted by molar-refractivity contribution is -0.134. The maximum absolute atomic E-state index is 13.2. The van der Waals surface area contributed by atoms with Crippen LogP contribution in [-0.2, 0) is 9.59 Å². The van der Waals surface area contributed by atoms with E-state index in [-0.39, 0.29) is 17.6 Å². The van der Waals surface area contributed by atoms with Crippen LogP contribution < -0.4 is 10.6 Å². The molecule has 0 bridgehead atoms. The Hall–Kier alpha value is -3.52. The van der Waals surface area contributed by atoms with Crippen molar-refractivity contribution < 1.29 is 9.59 Å². The highest BCUT2D eigenvalue weighted by Crippen LogP contribution is 2.27. The highest BCUT2D eigenvalue weighted by molar-refractivity contribution is 8.00. The predicted molar refractivity (Wildman–Crippen MR) is 140 cm³/mol. The summed E-state index contributed by atoms with van der Waals surface area (Å²) in [5.74, 6) is 1.03. The highest BCUT2D eigenvalue weighted by atomic mass is 32.2. The number of amides is 2. The molecule has 0 unspecified atom stereocenters. The minimum Gasteiger partial charge on any atom is -0.370 e. The number of nitrogens with zero attached hydrogens (tertiary/aromatic N) is 3. The summed E-state index contributed by atoms with van der Waals surface area (Å²) in [6.45, 7) is 2.33. The van der Waals surface area contributed by atoms with Crippen molar-refractivity contribution in [1.29, 1.82) is 0 Å². The van der Waals surface area contributed by atoms with Crippen molar-refractivity contribution in [2.75, 3.05) is 30.7 Å². The lowest BCUT2D eigenvalue weighted by Crippen LogP contribution is -2.44. The van der Waals surface area contributed by atoms with Crippen molar-refractivity contribution >= 4 is 35.1 Å². The molecule has 0 saturated carbocycles. The normalized spacial score (nSPS) is 17.5. The molecular weight excluding hydrogens is 458 g/mol. The molecule has 0 spiro atoms. The lowest BCUT2D eigenvalue weighted by Gasteiger charge is -2.25. The molecule has 3 aromatic rings. The summed E-state index contributed by atoms with van der Waals surface area (Å²) in [7, 11) is 0. The molecule has 1 fully saturated rings. The average molecular weight is 488 g/mol. The van der Waals surface area contributed by atoms with Crippen LogP contribution in [0.1, 0.15) is 24.8 Å². The van der Waals surface area contributed by atoms with Gasteiger partial charge in [-0.1, -0.05) is 30.3 Å². The molecular formula is C27H29N5O2S. The number of aromatic nitrogens is 1. The molecule has 2 aliphatic heterocycles. The molecule has 180 valence electrons. The van der Waals surface area contributed by atoms with Crippen molar-refractivity contribution in [3.63, 3.8) is 0 Å². The first kappa shape index (κ1) is 23.2. The monoisotopic (exact) mass is 487 g/mol. The van der Waals surface area contributed by atoms with Gasteiger partial charge in [-0.25, -0.2) is 0 Å². The molecule has 3 heterocycles. The van der Waals surface area contributed by atoms with Crippen LogP contribution in [0.2, 0.25) is 0 Å². The molecule has 0 aliphatic carbocycles. The number of benzene rings is 2. The van der Waals surface area contributed by atoms with E-state index in [4.69, 9.17) is 0 Å². The maximum atomic E-state index is 13.2. The van der Waals surface area contributed by atoms with Gasteiger partial charge < -0.3 is 20.1 Å². The van der Waals surface area contributed by atoms with Crippen molar-refractivity contribution in [2.24, 2.45) is 4.99 Å². The number of likely N-dealkylation sites (tertiary alicyclic amines) is 1. The molecule has 5 rings (SSSR count). The van der Waals surface area contributed by atoms with Crippen molar-refractivity contribution in [3.8, 4) is 5.69 Å². The fourth-order valence-electron chi connectivity index (χ4n) is 4.58. The van der Waals surface area contributed by atoms with E-state index in [0.717, 1.165) is 53.6 Å². The molecule has 0 radical (unpaired) electrons. The van der Waals surface area contributed by atoms with Crippen LogP contribution in [0.15, 0.2) is 82.9 Å². The van der Waals surface area contributed by atoms with Crippen LogP contribution in [-0.4, -0.2) is 58.5 Å². The number of hydrogen-bond donors (Lipinski definition) is 2. The first-order valence-electron chi connectivity index (χ1n) is 12.0. The van der Waals surface area contributed by atoms with Gasteiger partial charge >= 0.3 is 0 Å². The summed E-state index contributed by atoms with van der Waals surface area (Å²) in [6.07, 6.45) is 6.42. The summed E-state index contributed by atoms with van der Waals surface area (Å²) in [4.78, 5) is 33.8. The van der Waals surface area contributed by atoms with E-state index in [0.29, 0.717) is 13.0 Å². The van der Waals surface area contributed by atoms with E-state index in [1.165, 1.54) is 11.8 Å². The number of aliphatic imine (C=N–C) groups is 1. The molecule has 2 N–H and O–H groups in total. The zero-order valence-corrected chi connectivity index (χ0v) is 20.3. The number of amidine groups is 1. The Bertz CT molecular complexity index is 1220. The minimum absolute atomic E-state index is 0.0142. The number of rotatable bonds is 7. The van der Waals surface area contributed by atoms with Gasteiger partial charge in [0.2, 0.25) is 11.8 Å². The maximum Gasteiger partial charge on any atom is 0.247 e. The molecule has 1 aromatic heterocycles.